The van der Waals surface area contributed by atoms with Gasteiger partial charge in [0.05, 0.1) is 35.6 Å². The number of hydrogen-bond acceptors (Lipinski definition) is 5. The van der Waals surface area contributed by atoms with Crippen LogP contribution in [0.1, 0.15) is 23.6 Å². The van der Waals surface area contributed by atoms with E-state index in [2.05, 4.69) is 16.0 Å². The predicted octanol–water partition coefficient (Wildman–Crippen LogP) is 4.52. The number of para-hydroxylation sites is 1. The van der Waals surface area contributed by atoms with E-state index >= 15 is 0 Å². The molecule has 0 aliphatic heterocycles. The molecule has 0 radical (unpaired) electrons. The number of hydrogen-bond donors (Lipinski definition) is 1. The number of thiazole rings is 1. The first kappa shape index (κ1) is 19.3. The van der Waals surface area contributed by atoms with Gasteiger partial charge in [-0.15, -0.1) is 11.3 Å². The van der Waals surface area contributed by atoms with Crippen molar-refractivity contribution in [2.24, 2.45) is 0 Å². The van der Waals surface area contributed by atoms with Gasteiger partial charge in [0.1, 0.15) is 5.01 Å². The lowest BCUT2D eigenvalue weighted by molar-refractivity contribution is -0.0138. The Hall–Kier alpha value is -1.50. The van der Waals surface area contributed by atoms with Crippen LogP contribution in [0.15, 0.2) is 48.5 Å². The number of aliphatic hydroxyl groups is 1. The molecule has 26 heavy (non-hydrogen) atoms. The Bertz CT molecular complexity index is 804. The molecule has 0 bridgehead atoms. The highest BCUT2D eigenvalue weighted by molar-refractivity contribution is 7.18. The first-order valence-electron chi connectivity index (χ1n) is 8.59. The van der Waals surface area contributed by atoms with Crippen molar-refractivity contribution in [2.45, 2.75) is 25.7 Å². The van der Waals surface area contributed by atoms with Crippen LogP contribution in [0.3, 0.4) is 0 Å². The maximum absolute atomic E-state index is 10.3. The smallest absolute Gasteiger partial charge is 0.108 e. The molecule has 0 saturated heterocycles. The Morgan fingerprint density at radius 3 is 2.65 bits per heavy atom. The first-order valence-corrected chi connectivity index (χ1v) is 9.79. The number of nitrogens with zero attached hydrogens (tertiary/aromatic N) is 2. The Morgan fingerprint density at radius 2 is 1.92 bits per heavy atom. The van der Waals surface area contributed by atoms with Crippen LogP contribution >= 0.6 is 22.9 Å². The summed E-state index contributed by atoms with van der Waals surface area (Å²) in [5, 5.41) is 12.0. The van der Waals surface area contributed by atoms with Gasteiger partial charge in [0.2, 0.25) is 0 Å². The van der Waals surface area contributed by atoms with E-state index in [4.69, 9.17) is 16.3 Å². The molecule has 2 atom stereocenters. The van der Waals surface area contributed by atoms with Gasteiger partial charge in [-0.1, -0.05) is 35.9 Å². The molecule has 4 nitrogen and oxygen atoms in total. The summed E-state index contributed by atoms with van der Waals surface area (Å²) in [5.74, 6) is 0. The van der Waals surface area contributed by atoms with E-state index in [1.54, 1.807) is 11.3 Å². The summed E-state index contributed by atoms with van der Waals surface area (Å²) in [6.45, 7) is 3.50. The summed E-state index contributed by atoms with van der Waals surface area (Å²) in [7, 11) is 1.98. The Morgan fingerprint density at radius 1 is 1.19 bits per heavy atom. The van der Waals surface area contributed by atoms with E-state index in [1.165, 1.54) is 4.70 Å². The Kier molecular flexibility index (Phi) is 6.62. The maximum atomic E-state index is 10.3. The van der Waals surface area contributed by atoms with Gasteiger partial charge in [0, 0.05) is 11.6 Å². The summed E-state index contributed by atoms with van der Waals surface area (Å²) in [4.78, 5) is 6.70. The minimum absolute atomic E-state index is 0.0866. The van der Waals surface area contributed by atoms with Crippen molar-refractivity contribution >= 4 is 33.2 Å². The quantitative estimate of drug-likeness (QED) is 0.614. The summed E-state index contributed by atoms with van der Waals surface area (Å²) in [6.07, 6.45) is -0.638. The van der Waals surface area contributed by atoms with Crippen molar-refractivity contribution in [1.82, 2.24) is 9.88 Å². The van der Waals surface area contributed by atoms with Crippen LogP contribution in [0.25, 0.3) is 10.2 Å². The Labute approximate surface area is 163 Å². The average molecular weight is 391 g/mol. The monoisotopic (exact) mass is 390 g/mol. The molecule has 2 unspecified atom stereocenters. The molecule has 0 aliphatic carbocycles. The number of rotatable bonds is 8. The van der Waals surface area contributed by atoms with Crippen LogP contribution in [0, 0.1) is 0 Å². The number of aliphatic hydroxyl groups excluding tert-OH is 1. The van der Waals surface area contributed by atoms with Crippen molar-refractivity contribution in [3.63, 3.8) is 0 Å². The fourth-order valence-electron chi connectivity index (χ4n) is 2.78. The number of halogens is 1. The zero-order valence-corrected chi connectivity index (χ0v) is 16.5. The molecular weight excluding hydrogens is 368 g/mol. The van der Waals surface area contributed by atoms with E-state index in [0.717, 1.165) is 16.1 Å². The van der Waals surface area contributed by atoms with E-state index in [1.807, 2.05) is 56.4 Å². The topological polar surface area (TPSA) is 45.6 Å². The zero-order chi connectivity index (χ0) is 18.5. The third-order valence-corrected chi connectivity index (χ3v) is 5.42. The molecule has 0 saturated carbocycles. The van der Waals surface area contributed by atoms with E-state index < -0.39 is 6.10 Å². The fourth-order valence-corrected chi connectivity index (χ4v) is 3.95. The molecule has 0 aliphatic rings. The normalized spacial score (nSPS) is 14.0. The molecule has 1 aromatic heterocycles. The first-order chi connectivity index (χ1) is 12.5. The maximum Gasteiger partial charge on any atom is 0.108 e. The number of aromatic nitrogens is 1. The second-order valence-corrected chi connectivity index (χ2v) is 8.00. The molecule has 0 spiro atoms. The van der Waals surface area contributed by atoms with Crippen LogP contribution in [0.4, 0.5) is 0 Å². The molecular formula is C20H23ClN2O2S. The molecule has 1 heterocycles. The van der Waals surface area contributed by atoms with Crippen LogP contribution in [-0.2, 0) is 11.3 Å². The highest BCUT2D eigenvalue weighted by atomic mass is 35.5. The van der Waals surface area contributed by atoms with Gasteiger partial charge >= 0.3 is 0 Å². The van der Waals surface area contributed by atoms with Crippen LogP contribution in [-0.4, -0.2) is 41.3 Å². The van der Waals surface area contributed by atoms with Crippen molar-refractivity contribution in [3.05, 3.63) is 64.1 Å². The summed E-state index contributed by atoms with van der Waals surface area (Å²) < 4.78 is 6.99. The summed E-state index contributed by atoms with van der Waals surface area (Å²) >= 11 is 7.60. The van der Waals surface area contributed by atoms with Gasteiger partial charge < -0.3 is 9.84 Å². The van der Waals surface area contributed by atoms with Gasteiger partial charge in [-0.05, 0) is 43.8 Å². The average Bonchev–Trinajstić information content (AvgIpc) is 3.02. The van der Waals surface area contributed by atoms with Crippen molar-refractivity contribution < 1.29 is 9.84 Å². The van der Waals surface area contributed by atoms with Gasteiger partial charge in [0.25, 0.3) is 0 Å². The molecule has 0 fully saturated rings. The second kappa shape index (κ2) is 8.93. The van der Waals surface area contributed by atoms with Gasteiger partial charge in [-0.25, -0.2) is 4.98 Å². The number of fused-ring (bicyclic) bond motifs is 1. The summed E-state index contributed by atoms with van der Waals surface area (Å²) in [6, 6.07) is 15.7. The fraction of sp³-hybridized carbons (Fsp3) is 0.350. The standard InChI is InChI=1S/C20H23ClN2O2S/c1-14(15-7-9-16(21)10-8-15)25-13-17(24)11-23(2)12-20-22-18-5-3-4-6-19(18)26-20/h3-10,14,17,24H,11-13H2,1-2H3. The number of likely N-dealkylation sites (N-methyl/N-ethyl adjacent to an activating group) is 1. The number of ether oxygens (including phenoxy) is 1. The minimum atomic E-state index is -0.552. The van der Waals surface area contributed by atoms with Crippen LogP contribution in [0.2, 0.25) is 5.02 Å². The highest BCUT2D eigenvalue weighted by Crippen LogP contribution is 2.22. The third-order valence-electron chi connectivity index (χ3n) is 4.14. The van der Waals surface area contributed by atoms with Crippen LogP contribution < -0.4 is 0 Å². The van der Waals surface area contributed by atoms with Crippen molar-refractivity contribution in [1.29, 1.82) is 0 Å². The number of benzene rings is 2. The molecule has 6 heteroatoms. The minimum Gasteiger partial charge on any atom is -0.389 e. The summed E-state index contributed by atoms with van der Waals surface area (Å²) in [5.41, 5.74) is 2.08. The van der Waals surface area contributed by atoms with Gasteiger partial charge in [-0.2, -0.15) is 0 Å². The lowest BCUT2D eigenvalue weighted by Gasteiger charge is -2.21. The molecule has 0 amide bonds. The molecule has 3 rings (SSSR count). The molecule has 2 aromatic carbocycles. The van der Waals surface area contributed by atoms with E-state index in [-0.39, 0.29) is 12.7 Å². The van der Waals surface area contributed by atoms with E-state index in [0.29, 0.717) is 18.1 Å². The third kappa shape index (κ3) is 5.25. The van der Waals surface area contributed by atoms with Crippen LogP contribution in [0.5, 0.6) is 0 Å². The lowest BCUT2D eigenvalue weighted by Crippen LogP contribution is -2.32. The van der Waals surface area contributed by atoms with E-state index in [9.17, 15) is 5.11 Å². The molecule has 3 aromatic rings. The zero-order valence-electron chi connectivity index (χ0n) is 14.9. The highest BCUT2D eigenvalue weighted by Gasteiger charge is 2.14. The van der Waals surface area contributed by atoms with Gasteiger partial charge in [-0.3, -0.25) is 4.90 Å². The van der Waals surface area contributed by atoms with Crippen molar-refractivity contribution in [2.75, 3.05) is 20.2 Å². The molecule has 138 valence electrons. The molecule has 1 N–H and O–H groups in total. The lowest BCUT2D eigenvalue weighted by atomic mass is 10.1. The SMILES string of the molecule is CC(OCC(O)CN(C)Cc1nc2ccccc2s1)c1ccc(Cl)cc1. The predicted molar refractivity (Wildman–Crippen MR) is 108 cm³/mol. The second-order valence-electron chi connectivity index (χ2n) is 6.45. The Balaban J connectivity index is 1.46. The van der Waals surface area contributed by atoms with Crippen molar-refractivity contribution in [3.8, 4) is 0 Å². The largest absolute Gasteiger partial charge is 0.389 e. The van der Waals surface area contributed by atoms with Gasteiger partial charge in [0.15, 0.2) is 0 Å².